The summed E-state index contributed by atoms with van der Waals surface area (Å²) in [6, 6.07) is 8.27. The van der Waals surface area contributed by atoms with Crippen LogP contribution in [0.4, 0.5) is 0 Å². The molecule has 1 aliphatic rings. The maximum Gasteiger partial charge on any atom is 0.309 e. The largest absolute Gasteiger partial charge is 0.469 e. The molecule has 1 saturated heterocycles. The minimum Gasteiger partial charge on any atom is -0.469 e. The molecular formula is C14H19NO2. The third-order valence-corrected chi connectivity index (χ3v) is 3.57. The fraction of sp³-hybridized carbons (Fsp3) is 0.500. The van der Waals surface area contributed by atoms with Crippen molar-refractivity contribution >= 4 is 5.97 Å². The number of carbonyl (C=O) groups is 1. The van der Waals surface area contributed by atoms with Crippen LogP contribution in [0.1, 0.15) is 23.5 Å². The number of hydrogen-bond acceptors (Lipinski definition) is 3. The third kappa shape index (κ3) is 2.50. The number of rotatable bonds is 2. The van der Waals surface area contributed by atoms with E-state index in [0.29, 0.717) is 0 Å². The highest BCUT2D eigenvalue weighted by atomic mass is 16.5. The predicted octanol–water partition coefficient (Wildman–Crippen LogP) is 1.86. The summed E-state index contributed by atoms with van der Waals surface area (Å²) < 4.78 is 4.91. The minimum atomic E-state index is -0.0836. The Morgan fingerprint density at radius 2 is 2.18 bits per heavy atom. The van der Waals surface area contributed by atoms with E-state index in [4.69, 9.17) is 4.74 Å². The first-order valence-corrected chi connectivity index (χ1v) is 6.08. The summed E-state index contributed by atoms with van der Waals surface area (Å²) in [7, 11) is 1.47. The smallest absolute Gasteiger partial charge is 0.309 e. The summed E-state index contributed by atoms with van der Waals surface area (Å²) in [6.45, 7) is 3.84. The molecule has 0 bridgehead atoms. The Kier molecular flexibility index (Phi) is 3.79. The Bertz CT molecular complexity index is 403. The topological polar surface area (TPSA) is 38.3 Å². The molecule has 0 aromatic heterocycles. The Balaban J connectivity index is 2.28. The van der Waals surface area contributed by atoms with Crippen LogP contribution in [0.15, 0.2) is 24.3 Å². The van der Waals surface area contributed by atoms with Crippen molar-refractivity contribution in [1.82, 2.24) is 5.32 Å². The summed E-state index contributed by atoms with van der Waals surface area (Å²) in [5, 5.41) is 3.36. The molecule has 2 atom stereocenters. The minimum absolute atomic E-state index is 0.0117. The zero-order valence-corrected chi connectivity index (χ0v) is 10.4. The normalized spacial score (nSPS) is 24.4. The SMILES string of the molecule is COC(=O)C1CCNCC1c1ccccc1C. The molecule has 0 saturated carbocycles. The number of esters is 1. The Morgan fingerprint density at radius 1 is 1.41 bits per heavy atom. The molecule has 0 radical (unpaired) electrons. The average molecular weight is 233 g/mol. The second kappa shape index (κ2) is 5.32. The maximum atomic E-state index is 11.8. The van der Waals surface area contributed by atoms with E-state index in [9.17, 15) is 4.79 Å². The zero-order valence-electron chi connectivity index (χ0n) is 10.4. The van der Waals surface area contributed by atoms with Gasteiger partial charge in [0, 0.05) is 12.5 Å². The third-order valence-electron chi connectivity index (χ3n) is 3.57. The molecule has 0 aliphatic carbocycles. The molecule has 92 valence electrons. The van der Waals surface area contributed by atoms with Crippen LogP contribution in [0.25, 0.3) is 0 Å². The Morgan fingerprint density at radius 3 is 2.88 bits per heavy atom. The summed E-state index contributed by atoms with van der Waals surface area (Å²) in [5.41, 5.74) is 2.50. The standard InChI is InChI=1S/C14H19NO2/c1-10-5-3-4-6-11(10)13-9-15-8-7-12(13)14(16)17-2/h3-6,12-13,15H,7-9H2,1-2H3. The number of piperidine rings is 1. The van der Waals surface area contributed by atoms with Crippen LogP contribution in [0.2, 0.25) is 0 Å². The van der Waals surface area contributed by atoms with Gasteiger partial charge in [0.05, 0.1) is 13.0 Å². The monoisotopic (exact) mass is 233 g/mol. The fourth-order valence-corrected chi connectivity index (χ4v) is 2.62. The van der Waals surface area contributed by atoms with Gasteiger partial charge in [-0.15, -0.1) is 0 Å². The van der Waals surface area contributed by atoms with Gasteiger partial charge < -0.3 is 10.1 Å². The average Bonchev–Trinajstić information content (AvgIpc) is 2.38. The van der Waals surface area contributed by atoms with Crippen LogP contribution in [0.3, 0.4) is 0 Å². The van der Waals surface area contributed by atoms with Gasteiger partial charge in [0.2, 0.25) is 0 Å². The van der Waals surface area contributed by atoms with Gasteiger partial charge in [-0.25, -0.2) is 0 Å². The maximum absolute atomic E-state index is 11.8. The van der Waals surface area contributed by atoms with Crippen LogP contribution < -0.4 is 5.32 Å². The molecule has 1 fully saturated rings. The van der Waals surface area contributed by atoms with E-state index in [1.807, 2.05) is 12.1 Å². The Hall–Kier alpha value is -1.35. The first-order valence-electron chi connectivity index (χ1n) is 6.08. The van der Waals surface area contributed by atoms with Gasteiger partial charge in [-0.05, 0) is 31.0 Å². The molecule has 1 aromatic carbocycles. The van der Waals surface area contributed by atoms with Crippen LogP contribution in [0.5, 0.6) is 0 Å². The van der Waals surface area contributed by atoms with E-state index in [1.165, 1.54) is 18.2 Å². The lowest BCUT2D eigenvalue weighted by Gasteiger charge is -2.31. The van der Waals surface area contributed by atoms with Gasteiger partial charge in [0.25, 0.3) is 0 Å². The second-order valence-electron chi connectivity index (χ2n) is 4.59. The van der Waals surface area contributed by atoms with Crippen molar-refractivity contribution in [1.29, 1.82) is 0 Å². The molecule has 0 amide bonds. The fourth-order valence-electron chi connectivity index (χ4n) is 2.62. The van der Waals surface area contributed by atoms with Gasteiger partial charge >= 0.3 is 5.97 Å². The predicted molar refractivity (Wildman–Crippen MR) is 66.9 cm³/mol. The number of hydrogen-bond donors (Lipinski definition) is 1. The van der Waals surface area contributed by atoms with Gasteiger partial charge in [0.15, 0.2) is 0 Å². The number of benzene rings is 1. The molecular weight excluding hydrogens is 214 g/mol. The van der Waals surface area contributed by atoms with Crippen LogP contribution in [-0.2, 0) is 9.53 Å². The van der Waals surface area contributed by atoms with E-state index in [1.54, 1.807) is 0 Å². The van der Waals surface area contributed by atoms with E-state index >= 15 is 0 Å². The molecule has 1 aromatic rings. The van der Waals surface area contributed by atoms with E-state index in [-0.39, 0.29) is 17.8 Å². The number of methoxy groups -OCH3 is 1. The molecule has 1 aliphatic heterocycles. The lowest BCUT2D eigenvalue weighted by molar-refractivity contribution is -0.147. The zero-order chi connectivity index (χ0) is 12.3. The van der Waals surface area contributed by atoms with Gasteiger partial charge in [-0.3, -0.25) is 4.79 Å². The molecule has 2 rings (SSSR count). The molecule has 0 spiro atoms. The van der Waals surface area contributed by atoms with E-state index < -0.39 is 0 Å². The van der Waals surface area contributed by atoms with Crippen molar-refractivity contribution in [2.24, 2.45) is 5.92 Å². The van der Waals surface area contributed by atoms with Crippen molar-refractivity contribution in [2.75, 3.05) is 20.2 Å². The highest BCUT2D eigenvalue weighted by Gasteiger charge is 2.33. The second-order valence-corrected chi connectivity index (χ2v) is 4.59. The van der Waals surface area contributed by atoms with Crippen molar-refractivity contribution in [2.45, 2.75) is 19.3 Å². The van der Waals surface area contributed by atoms with Crippen LogP contribution >= 0.6 is 0 Å². The molecule has 1 heterocycles. The summed E-state index contributed by atoms with van der Waals surface area (Å²) in [5.74, 6) is 0.138. The van der Waals surface area contributed by atoms with Gasteiger partial charge in [0.1, 0.15) is 0 Å². The van der Waals surface area contributed by atoms with E-state index in [0.717, 1.165) is 19.5 Å². The molecule has 17 heavy (non-hydrogen) atoms. The molecule has 2 unspecified atom stereocenters. The van der Waals surface area contributed by atoms with Crippen molar-refractivity contribution in [3.63, 3.8) is 0 Å². The summed E-state index contributed by atoms with van der Waals surface area (Å²) in [4.78, 5) is 11.8. The van der Waals surface area contributed by atoms with Crippen LogP contribution in [0, 0.1) is 12.8 Å². The molecule has 3 nitrogen and oxygen atoms in total. The highest BCUT2D eigenvalue weighted by Crippen LogP contribution is 2.31. The number of ether oxygens (including phenoxy) is 1. The molecule has 1 N–H and O–H groups in total. The quantitative estimate of drug-likeness (QED) is 0.792. The first-order chi connectivity index (χ1) is 8.24. The van der Waals surface area contributed by atoms with Crippen molar-refractivity contribution in [3.05, 3.63) is 35.4 Å². The highest BCUT2D eigenvalue weighted by molar-refractivity contribution is 5.74. The summed E-state index contributed by atoms with van der Waals surface area (Å²) >= 11 is 0. The van der Waals surface area contributed by atoms with E-state index in [2.05, 4.69) is 24.4 Å². The number of nitrogens with one attached hydrogen (secondary N) is 1. The lowest BCUT2D eigenvalue weighted by atomic mass is 9.80. The van der Waals surface area contributed by atoms with Crippen LogP contribution in [-0.4, -0.2) is 26.2 Å². The number of carbonyl (C=O) groups excluding carboxylic acids is 1. The van der Waals surface area contributed by atoms with Gasteiger partial charge in [-0.1, -0.05) is 24.3 Å². The first kappa shape index (κ1) is 12.1. The number of aryl methyl sites for hydroxylation is 1. The summed E-state index contributed by atoms with van der Waals surface area (Å²) in [6.07, 6.45) is 0.853. The lowest BCUT2D eigenvalue weighted by Crippen LogP contribution is -2.39. The molecule has 3 heteroatoms. The van der Waals surface area contributed by atoms with Gasteiger partial charge in [-0.2, -0.15) is 0 Å². The van der Waals surface area contributed by atoms with Crippen molar-refractivity contribution < 1.29 is 9.53 Å². The van der Waals surface area contributed by atoms with Crippen molar-refractivity contribution in [3.8, 4) is 0 Å². The Labute approximate surface area is 102 Å².